The molecule has 23 nitrogen and oxygen atoms in total. The summed E-state index contributed by atoms with van der Waals surface area (Å²) in [6.45, 7) is 20.2. The van der Waals surface area contributed by atoms with Crippen LogP contribution in [0.1, 0.15) is 120 Å². The van der Waals surface area contributed by atoms with Crippen LogP contribution < -0.4 is 42.5 Å². The van der Waals surface area contributed by atoms with Gasteiger partial charge in [0.2, 0.25) is 23.6 Å². The molecule has 11 N–H and O–H groups in total. The number of aliphatic hydroxyl groups excluding tert-OH is 1. The molecule has 0 aliphatic carbocycles. The van der Waals surface area contributed by atoms with E-state index in [2.05, 4.69) is 42.5 Å². The summed E-state index contributed by atoms with van der Waals surface area (Å²) in [5, 5.41) is 51.5. The number of aryl methyl sites for hydroxylation is 1. The summed E-state index contributed by atoms with van der Waals surface area (Å²) in [5.74, 6) is -3.64. The molecule has 0 radical (unpaired) electrons. The maximum Gasteiger partial charge on any atom is 0.408 e. The molecule has 0 aromatic heterocycles. The maximum atomic E-state index is 14.2. The Morgan fingerprint density at radius 3 is 1.50 bits per heavy atom. The highest BCUT2D eigenvalue weighted by molar-refractivity contribution is 5.94. The largest absolute Gasteiger partial charge is 0.508 e. The number of phenolic OH excluding ortho intramolecular Hbond substituents is 2. The van der Waals surface area contributed by atoms with Gasteiger partial charge in [-0.25, -0.2) is 19.2 Å². The number of aliphatic hydroxyl groups is 1. The van der Waals surface area contributed by atoms with Crippen LogP contribution in [-0.2, 0) is 44.5 Å². The zero-order chi connectivity index (χ0) is 56.2. The summed E-state index contributed by atoms with van der Waals surface area (Å²) in [6, 6.07) is 4.49. The molecular weight excluding hydrogens is 965 g/mol. The van der Waals surface area contributed by atoms with Gasteiger partial charge >= 0.3 is 24.4 Å². The van der Waals surface area contributed by atoms with Crippen molar-refractivity contribution < 1.29 is 72.6 Å². The van der Waals surface area contributed by atoms with E-state index in [0.29, 0.717) is 23.1 Å². The van der Waals surface area contributed by atoms with Gasteiger partial charge in [0.25, 0.3) is 0 Å². The molecule has 0 saturated heterocycles. The number of carbonyl (C=O) groups is 8. The fourth-order valence-electron chi connectivity index (χ4n) is 6.62. The fraction of sp³-hybridized carbons (Fsp3) is 0.608. The normalized spacial score (nSPS) is 13.3. The van der Waals surface area contributed by atoms with E-state index in [9.17, 15) is 53.7 Å². The second-order valence-corrected chi connectivity index (χ2v) is 21.6. The number of amides is 8. The van der Waals surface area contributed by atoms with Crippen LogP contribution >= 0.6 is 0 Å². The second-order valence-electron chi connectivity index (χ2n) is 21.6. The molecule has 4 atom stereocenters. The number of benzene rings is 2. The van der Waals surface area contributed by atoms with Crippen molar-refractivity contribution in [2.75, 3.05) is 32.8 Å². The molecule has 0 unspecified atom stereocenters. The lowest BCUT2D eigenvalue weighted by Crippen LogP contribution is -2.56. The number of phenols is 2. The number of carbonyl (C=O) groups excluding carboxylic acids is 8. The van der Waals surface area contributed by atoms with Gasteiger partial charge in [-0.2, -0.15) is 0 Å². The van der Waals surface area contributed by atoms with Gasteiger partial charge in [-0.15, -0.1) is 0 Å². The quantitative estimate of drug-likeness (QED) is 0.0549. The molecule has 0 fully saturated rings. The monoisotopic (exact) mass is 1040 g/mol. The number of ether oxygens (including phenoxy) is 4. The molecule has 74 heavy (non-hydrogen) atoms. The van der Waals surface area contributed by atoms with Crippen LogP contribution in [0.2, 0.25) is 0 Å². The molecule has 0 spiro atoms. The minimum atomic E-state index is -1.52. The minimum Gasteiger partial charge on any atom is -0.508 e. The van der Waals surface area contributed by atoms with Crippen molar-refractivity contribution in [3.8, 4) is 22.6 Å². The first-order valence-corrected chi connectivity index (χ1v) is 24.4. The highest BCUT2D eigenvalue weighted by atomic mass is 16.6. The molecule has 2 rings (SSSR count). The summed E-state index contributed by atoms with van der Waals surface area (Å²) in [4.78, 5) is 105. The molecule has 0 aliphatic rings. The van der Waals surface area contributed by atoms with Crippen LogP contribution in [0.25, 0.3) is 11.1 Å². The van der Waals surface area contributed by atoms with Crippen molar-refractivity contribution in [3.63, 3.8) is 0 Å². The minimum absolute atomic E-state index is 0.00352. The van der Waals surface area contributed by atoms with Crippen LogP contribution in [0.15, 0.2) is 36.4 Å². The van der Waals surface area contributed by atoms with Gasteiger partial charge in [0.05, 0.1) is 13.2 Å². The Morgan fingerprint density at radius 1 is 0.514 bits per heavy atom. The Morgan fingerprint density at radius 2 is 0.986 bits per heavy atom. The number of aromatic hydroxyl groups is 2. The Balaban J connectivity index is 2.29. The Hall–Kier alpha value is -7.04. The van der Waals surface area contributed by atoms with Crippen molar-refractivity contribution in [2.24, 2.45) is 0 Å². The summed E-state index contributed by atoms with van der Waals surface area (Å²) in [5.41, 5.74) is -1.19. The van der Waals surface area contributed by atoms with Crippen LogP contribution in [0.5, 0.6) is 11.5 Å². The molecule has 0 bridgehead atoms. The lowest BCUT2D eigenvalue weighted by atomic mass is 9.97. The zero-order valence-corrected chi connectivity index (χ0v) is 45.1. The van der Waals surface area contributed by atoms with Crippen LogP contribution in [0.3, 0.4) is 0 Å². The van der Waals surface area contributed by atoms with Crippen molar-refractivity contribution >= 4 is 48.0 Å². The van der Waals surface area contributed by atoms with Crippen LogP contribution in [0.4, 0.5) is 19.2 Å². The predicted octanol–water partition coefficient (Wildman–Crippen LogP) is 4.21. The number of hydrogen-bond donors (Lipinski definition) is 11. The Labute approximate surface area is 433 Å². The smallest absolute Gasteiger partial charge is 0.408 e. The number of alkyl carbamates (subject to hydrolysis) is 4. The molecule has 23 heteroatoms. The topological polar surface area (TPSA) is 330 Å². The van der Waals surface area contributed by atoms with E-state index in [1.807, 2.05) is 0 Å². The molecular formula is C51H80N8O15. The number of rotatable bonds is 23. The van der Waals surface area contributed by atoms with Crippen molar-refractivity contribution in [1.29, 1.82) is 0 Å². The molecule has 2 aromatic rings. The first-order chi connectivity index (χ1) is 34.1. The fourth-order valence-corrected chi connectivity index (χ4v) is 6.62. The highest BCUT2D eigenvalue weighted by Gasteiger charge is 2.31. The average Bonchev–Trinajstić information content (AvgIpc) is 3.24. The van der Waals surface area contributed by atoms with E-state index < -0.39 is 108 Å². The molecule has 2 aromatic carbocycles. The molecule has 0 saturated carbocycles. The molecule has 8 amide bonds. The van der Waals surface area contributed by atoms with Gasteiger partial charge in [0.15, 0.2) is 0 Å². The highest BCUT2D eigenvalue weighted by Crippen LogP contribution is 2.30. The average molecular weight is 1050 g/mol. The van der Waals surface area contributed by atoms with Crippen molar-refractivity contribution in [1.82, 2.24) is 42.5 Å². The van der Waals surface area contributed by atoms with E-state index in [4.69, 9.17) is 18.9 Å². The summed E-state index contributed by atoms with van der Waals surface area (Å²) in [6.07, 6.45) is -2.83. The van der Waals surface area contributed by atoms with Crippen molar-refractivity contribution in [2.45, 2.75) is 169 Å². The van der Waals surface area contributed by atoms with E-state index in [1.165, 1.54) is 12.1 Å². The third-order valence-corrected chi connectivity index (χ3v) is 9.91. The predicted molar refractivity (Wildman–Crippen MR) is 274 cm³/mol. The first-order valence-electron chi connectivity index (χ1n) is 24.4. The zero-order valence-electron chi connectivity index (χ0n) is 45.1. The Bertz CT molecular complexity index is 2250. The van der Waals surface area contributed by atoms with Gasteiger partial charge in [0, 0.05) is 32.1 Å². The third kappa shape index (κ3) is 26.1. The van der Waals surface area contributed by atoms with E-state index >= 15 is 0 Å². The van der Waals surface area contributed by atoms with Crippen LogP contribution in [-0.4, -0.2) is 143 Å². The standard InChI is InChI=1S/C51H80N8O15/c1-30-24-31(18-20-38(30)61)32-19-21-39(62)33(25-32)26-36(59-47(70)74-51(11,12)13)43(66)58-35(17-15-23-53-45(68)72-49(5,6)7)41(64)55-28-40(63)57-37(29-60)42(65)54-27-34(56-46(69)73-50(8,9)10)16-14-22-52-44(67)71-48(2,3)4/h18-21,24-25,34-37,60-62H,14-17,22-23,26-29H2,1-13H3,(H,52,67)(H,53,68)(H,54,65)(H,55,64)(H,56,69)(H,57,63)(H,58,66)(H,59,70)/t34-,35-,36-,37-/m0/s1. The van der Waals surface area contributed by atoms with Gasteiger partial charge in [-0.3, -0.25) is 19.2 Å². The summed E-state index contributed by atoms with van der Waals surface area (Å²) < 4.78 is 21.3. The number of hydrogen-bond acceptors (Lipinski definition) is 15. The first kappa shape index (κ1) is 63.1. The van der Waals surface area contributed by atoms with Crippen LogP contribution in [0, 0.1) is 6.92 Å². The van der Waals surface area contributed by atoms with Gasteiger partial charge < -0.3 is 76.8 Å². The Kier molecular flexibility index (Phi) is 24.2. The van der Waals surface area contributed by atoms with Gasteiger partial charge in [-0.1, -0.05) is 12.1 Å². The lowest BCUT2D eigenvalue weighted by Gasteiger charge is -2.26. The van der Waals surface area contributed by atoms with E-state index in [1.54, 1.807) is 114 Å². The molecule has 0 aliphatic heterocycles. The van der Waals surface area contributed by atoms with Gasteiger partial charge in [-0.05, 0) is 162 Å². The third-order valence-electron chi connectivity index (χ3n) is 9.91. The van der Waals surface area contributed by atoms with E-state index in [0.717, 1.165) is 0 Å². The summed E-state index contributed by atoms with van der Waals surface area (Å²) >= 11 is 0. The SMILES string of the molecule is Cc1cc(-c2ccc(O)c(C[C@H](NC(=O)OC(C)(C)C)C(=O)N[C@@H](CCCNC(=O)OC(C)(C)C)C(=O)NCC(=O)N[C@@H](CO)C(=O)NC[C@H](CCCNC(=O)OC(C)(C)C)NC(=O)OC(C)(C)C)c2)ccc1O. The number of nitrogens with one attached hydrogen (secondary N) is 8. The molecule has 0 heterocycles. The van der Waals surface area contributed by atoms with Crippen molar-refractivity contribution in [3.05, 3.63) is 47.5 Å². The lowest BCUT2D eigenvalue weighted by molar-refractivity contribution is -0.132. The summed E-state index contributed by atoms with van der Waals surface area (Å²) in [7, 11) is 0. The van der Waals surface area contributed by atoms with E-state index in [-0.39, 0.29) is 62.4 Å². The second kappa shape index (κ2) is 28.4. The molecule has 414 valence electrons. The van der Waals surface area contributed by atoms with Gasteiger partial charge in [0.1, 0.15) is 52.0 Å². The maximum absolute atomic E-state index is 14.2.